The summed E-state index contributed by atoms with van der Waals surface area (Å²) in [5.74, 6) is 1.77. The van der Waals surface area contributed by atoms with Crippen LogP contribution < -0.4 is 0 Å². The maximum absolute atomic E-state index is 5.38. The fourth-order valence-electron chi connectivity index (χ4n) is 9.95. The van der Waals surface area contributed by atoms with Crippen LogP contribution in [-0.2, 0) is 0 Å². The zero-order chi connectivity index (χ0) is 45.0. The predicted octanol–water partition coefficient (Wildman–Crippen LogP) is 16.1. The van der Waals surface area contributed by atoms with Crippen LogP contribution in [0.15, 0.2) is 249 Å². The van der Waals surface area contributed by atoms with Crippen LogP contribution in [0.5, 0.6) is 0 Å². The average Bonchev–Trinajstić information content (AvgIpc) is 3.92. The molecule has 13 aromatic rings. The van der Waals surface area contributed by atoms with E-state index in [1.165, 1.54) is 21.9 Å². The molecule has 0 bridgehead atoms. The van der Waals surface area contributed by atoms with Crippen molar-refractivity contribution >= 4 is 43.6 Å². The van der Waals surface area contributed by atoms with Gasteiger partial charge in [-0.25, -0.2) is 4.98 Å². The lowest BCUT2D eigenvalue weighted by molar-refractivity contribution is 0.953. The molecule has 13 rings (SSSR count). The van der Waals surface area contributed by atoms with Gasteiger partial charge in [-0.05, 0) is 81.4 Å². The van der Waals surface area contributed by atoms with Gasteiger partial charge in [-0.2, -0.15) is 9.97 Å². The van der Waals surface area contributed by atoms with Crippen molar-refractivity contribution in [3.63, 3.8) is 0 Å². The smallest absolute Gasteiger partial charge is 0.238 e. The first-order valence-corrected chi connectivity index (χ1v) is 23.0. The molecular weight excluding hydrogens is 827 g/mol. The van der Waals surface area contributed by atoms with Crippen LogP contribution in [-0.4, -0.2) is 24.1 Å². The predicted molar refractivity (Wildman–Crippen MR) is 281 cm³/mol. The summed E-state index contributed by atoms with van der Waals surface area (Å²) >= 11 is 0. The van der Waals surface area contributed by atoms with Gasteiger partial charge in [0.05, 0.1) is 27.8 Å². The summed E-state index contributed by atoms with van der Waals surface area (Å²) in [5.41, 5.74) is 16.3. The Balaban J connectivity index is 1.09. The van der Waals surface area contributed by atoms with E-state index >= 15 is 0 Å². The van der Waals surface area contributed by atoms with E-state index in [0.29, 0.717) is 17.6 Å². The molecule has 0 saturated carbocycles. The fraction of sp³-hybridized carbons (Fsp3) is 0. The van der Waals surface area contributed by atoms with Crippen LogP contribution in [0.4, 0.5) is 0 Å². The van der Waals surface area contributed by atoms with Crippen LogP contribution in [0, 0.1) is 0 Å². The summed E-state index contributed by atoms with van der Waals surface area (Å²) in [6, 6.07) is 88.4. The van der Waals surface area contributed by atoms with E-state index < -0.39 is 0 Å². The number of rotatable bonds is 8. The second kappa shape index (κ2) is 16.4. The molecule has 3 aromatic heterocycles. The third-order valence-corrected chi connectivity index (χ3v) is 13.2. The van der Waals surface area contributed by atoms with Crippen molar-refractivity contribution in [2.75, 3.05) is 0 Å². The summed E-state index contributed by atoms with van der Waals surface area (Å²) in [6.07, 6.45) is 0. The van der Waals surface area contributed by atoms with Gasteiger partial charge < -0.3 is 4.57 Å². The van der Waals surface area contributed by atoms with E-state index in [4.69, 9.17) is 15.0 Å². The third kappa shape index (κ3) is 6.76. The number of hydrogen-bond donors (Lipinski definition) is 0. The lowest BCUT2D eigenvalue weighted by atomic mass is 9.95. The molecule has 5 heteroatoms. The van der Waals surface area contributed by atoms with Gasteiger partial charge in [0.15, 0.2) is 11.6 Å². The molecule has 68 heavy (non-hydrogen) atoms. The lowest BCUT2D eigenvalue weighted by Crippen LogP contribution is -2.06. The van der Waals surface area contributed by atoms with Gasteiger partial charge in [0.2, 0.25) is 5.95 Å². The van der Waals surface area contributed by atoms with Crippen molar-refractivity contribution in [1.29, 1.82) is 0 Å². The number of fused-ring (bicyclic) bond motifs is 6. The largest absolute Gasteiger partial charge is 0.309 e. The molecule has 0 unspecified atom stereocenters. The molecule has 0 N–H and O–H groups in total. The van der Waals surface area contributed by atoms with Crippen LogP contribution >= 0.6 is 0 Å². The molecule has 0 atom stereocenters. The molecular formula is C63H41N5. The van der Waals surface area contributed by atoms with E-state index in [1.54, 1.807) is 0 Å². The number of benzene rings is 10. The quantitative estimate of drug-likeness (QED) is 0.153. The van der Waals surface area contributed by atoms with E-state index in [2.05, 4.69) is 234 Å². The molecule has 3 heterocycles. The van der Waals surface area contributed by atoms with Gasteiger partial charge in [0.25, 0.3) is 0 Å². The molecule has 5 nitrogen and oxygen atoms in total. The van der Waals surface area contributed by atoms with Crippen molar-refractivity contribution in [3.05, 3.63) is 249 Å². The van der Waals surface area contributed by atoms with Crippen LogP contribution in [0.25, 0.3) is 123 Å². The highest BCUT2D eigenvalue weighted by atomic mass is 15.2. The molecule has 0 aliphatic carbocycles. The Morgan fingerprint density at radius 3 is 1.25 bits per heavy atom. The maximum Gasteiger partial charge on any atom is 0.238 e. The highest BCUT2D eigenvalue weighted by Gasteiger charge is 2.23. The molecule has 0 aliphatic heterocycles. The summed E-state index contributed by atoms with van der Waals surface area (Å²) in [6.45, 7) is 0. The maximum atomic E-state index is 5.38. The van der Waals surface area contributed by atoms with Crippen LogP contribution in [0.1, 0.15) is 0 Å². The van der Waals surface area contributed by atoms with Crippen LogP contribution in [0.2, 0.25) is 0 Å². The number of hydrogen-bond acceptors (Lipinski definition) is 3. The highest BCUT2D eigenvalue weighted by Crippen LogP contribution is 2.43. The lowest BCUT2D eigenvalue weighted by Gasteiger charge is -2.17. The summed E-state index contributed by atoms with van der Waals surface area (Å²) in [7, 11) is 0. The van der Waals surface area contributed by atoms with Crippen molar-refractivity contribution in [1.82, 2.24) is 24.1 Å². The standard InChI is InChI=1S/C63H41N5/c1-5-19-42(20-6-1)46-27-17-29-49(37-46)51-36-35-48(44-23-9-3-10-24-44)39-58(51)67-56-33-15-13-31-52(56)54-40-55-53-32-14-16-34-57(53)68(60(55)41-59(54)67)63-65-61(45-25-11-4-12-26-45)64-62(66-63)50-30-18-28-47(38-50)43-21-7-2-8-22-43/h1-41H. The van der Waals surface area contributed by atoms with Crippen molar-refractivity contribution in [2.45, 2.75) is 0 Å². The second-order valence-electron chi connectivity index (χ2n) is 17.2. The van der Waals surface area contributed by atoms with E-state index in [0.717, 1.165) is 83.0 Å². The average molecular weight is 868 g/mol. The first kappa shape index (κ1) is 39.2. The van der Waals surface area contributed by atoms with E-state index in [1.807, 2.05) is 24.3 Å². The Kier molecular flexibility index (Phi) is 9.43. The van der Waals surface area contributed by atoms with Crippen LogP contribution in [0.3, 0.4) is 0 Å². The summed E-state index contributed by atoms with van der Waals surface area (Å²) < 4.78 is 4.70. The van der Waals surface area contributed by atoms with Gasteiger partial charge in [-0.15, -0.1) is 0 Å². The molecule has 0 amide bonds. The topological polar surface area (TPSA) is 48.5 Å². The number of para-hydroxylation sites is 2. The first-order valence-electron chi connectivity index (χ1n) is 23.0. The zero-order valence-electron chi connectivity index (χ0n) is 36.9. The van der Waals surface area contributed by atoms with Crippen molar-refractivity contribution in [3.8, 4) is 78.9 Å². The molecule has 0 aliphatic rings. The van der Waals surface area contributed by atoms with E-state index in [9.17, 15) is 0 Å². The Labute approximate surface area is 393 Å². The van der Waals surface area contributed by atoms with Gasteiger partial charge >= 0.3 is 0 Å². The molecule has 0 radical (unpaired) electrons. The van der Waals surface area contributed by atoms with Crippen molar-refractivity contribution in [2.24, 2.45) is 0 Å². The van der Waals surface area contributed by atoms with Crippen molar-refractivity contribution < 1.29 is 0 Å². The molecule has 318 valence electrons. The Morgan fingerprint density at radius 2 is 0.662 bits per heavy atom. The third-order valence-electron chi connectivity index (χ3n) is 13.2. The molecule has 0 saturated heterocycles. The van der Waals surface area contributed by atoms with Gasteiger partial charge in [0, 0.05) is 38.2 Å². The summed E-state index contributed by atoms with van der Waals surface area (Å²) in [4.78, 5) is 15.9. The SMILES string of the molecule is c1ccc(-c2cccc(-c3nc(-c4ccccc4)nc(-n4c5ccccc5c5cc6c7ccccc7n(-c7cc(-c8ccccc8)ccc7-c7cccc(-c8ccccc8)c7)c6cc54)n3)c2)cc1. The number of nitrogens with zero attached hydrogens (tertiary/aromatic N) is 5. The molecule has 0 spiro atoms. The fourth-order valence-corrected chi connectivity index (χ4v) is 9.95. The van der Waals surface area contributed by atoms with E-state index in [-0.39, 0.29) is 0 Å². The second-order valence-corrected chi connectivity index (χ2v) is 17.2. The zero-order valence-corrected chi connectivity index (χ0v) is 36.9. The minimum Gasteiger partial charge on any atom is -0.309 e. The Bertz CT molecular complexity index is 4010. The van der Waals surface area contributed by atoms with Gasteiger partial charge in [0.1, 0.15) is 0 Å². The monoisotopic (exact) mass is 867 g/mol. The summed E-state index contributed by atoms with van der Waals surface area (Å²) in [5, 5.41) is 4.60. The minimum atomic E-state index is 0.552. The molecule has 0 fully saturated rings. The Morgan fingerprint density at radius 1 is 0.235 bits per heavy atom. The highest BCUT2D eigenvalue weighted by molar-refractivity contribution is 6.19. The van der Waals surface area contributed by atoms with Gasteiger partial charge in [-0.1, -0.05) is 206 Å². The Hall–Kier alpha value is -9.19. The molecule has 10 aromatic carbocycles. The minimum absolute atomic E-state index is 0.552. The van der Waals surface area contributed by atoms with Gasteiger partial charge in [-0.3, -0.25) is 4.57 Å². The number of aromatic nitrogens is 5. The first-order chi connectivity index (χ1) is 33.7. The normalized spacial score (nSPS) is 11.5.